The summed E-state index contributed by atoms with van der Waals surface area (Å²) in [6.07, 6.45) is 0.588. The van der Waals surface area contributed by atoms with Crippen LogP contribution in [0.1, 0.15) is 16.8 Å². The Morgan fingerprint density at radius 2 is 1.77 bits per heavy atom. The maximum absolute atomic E-state index is 13.2. The summed E-state index contributed by atoms with van der Waals surface area (Å²) < 4.78 is 28.0. The van der Waals surface area contributed by atoms with Crippen molar-refractivity contribution < 1.29 is 8.42 Å². The Morgan fingerprint density at radius 1 is 1.03 bits per heavy atom. The Labute approximate surface area is 179 Å². The van der Waals surface area contributed by atoms with E-state index in [1.54, 1.807) is 22.5 Å². The SMILES string of the molecule is Cc1cccc(S(=O)(=O)N2CCc3nc(N4CCN(C)CC4)nc(N(C)C)c3C2)c1. The first-order chi connectivity index (χ1) is 14.3. The number of sulfonamides is 1. The van der Waals surface area contributed by atoms with Crippen molar-refractivity contribution in [2.75, 3.05) is 63.7 Å². The summed E-state index contributed by atoms with van der Waals surface area (Å²) in [7, 11) is 2.46. The van der Waals surface area contributed by atoms with Crippen LogP contribution in [0.4, 0.5) is 11.8 Å². The fraction of sp³-hybridized carbons (Fsp3) is 0.524. The first-order valence-corrected chi connectivity index (χ1v) is 11.8. The molecule has 0 spiro atoms. The second-order valence-corrected chi connectivity index (χ2v) is 10.3. The number of hydrogen-bond acceptors (Lipinski definition) is 7. The Morgan fingerprint density at radius 3 is 2.43 bits per heavy atom. The van der Waals surface area contributed by atoms with Gasteiger partial charge in [0.15, 0.2) is 0 Å². The van der Waals surface area contributed by atoms with Gasteiger partial charge in [0.25, 0.3) is 0 Å². The molecule has 1 aromatic carbocycles. The highest BCUT2D eigenvalue weighted by molar-refractivity contribution is 7.89. The minimum absolute atomic E-state index is 0.294. The van der Waals surface area contributed by atoms with E-state index in [1.807, 2.05) is 32.0 Å². The van der Waals surface area contributed by atoms with Crippen molar-refractivity contribution in [3.05, 3.63) is 41.1 Å². The van der Waals surface area contributed by atoms with Gasteiger partial charge in [0.2, 0.25) is 16.0 Å². The molecule has 30 heavy (non-hydrogen) atoms. The number of aryl methyl sites for hydroxylation is 1. The average Bonchev–Trinajstić information content (AvgIpc) is 2.73. The van der Waals surface area contributed by atoms with Crippen molar-refractivity contribution in [2.24, 2.45) is 0 Å². The Bertz CT molecular complexity index is 1030. The minimum atomic E-state index is -3.56. The van der Waals surface area contributed by atoms with Gasteiger partial charge in [-0.25, -0.2) is 13.4 Å². The first kappa shape index (κ1) is 21.0. The Balaban J connectivity index is 1.66. The van der Waals surface area contributed by atoms with Crippen molar-refractivity contribution in [2.45, 2.75) is 24.8 Å². The number of aromatic nitrogens is 2. The average molecular weight is 431 g/mol. The van der Waals surface area contributed by atoms with Gasteiger partial charge in [-0.15, -0.1) is 0 Å². The molecular formula is C21H30N6O2S. The van der Waals surface area contributed by atoms with Crippen LogP contribution in [-0.2, 0) is 23.0 Å². The minimum Gasteiger partial charge on any atom is -0.362 e. The summed E-state index contributed by atoms with van der Waals surface area (Å²) in [6.45, 7) is 6.40. The molecule has 8 nitrogen and oxygen atoms in total. The monoisotopic (exact) mass is 430 g/mol. The molecule has 0 amide bonds. The van der Waals surface area contributed by atoms with E-state index in [1.165, 1.54) is 0 Å². The van der Waals surface area contributed by atoms with E-state index in [2.05, 4.69) is 16.8 Å². The quantitative estimate of drug-likeness (QED) is 0.725. The van der Waals surface area contributed by atoms with E-state index in [-0.39, 0.29) is 0 Å². The van der Waals surface area contributed by atoms with Crippen molar-refractivity contribution >= 4 is 21.8 Å². The van der Waals surface area contributed by atoms with Gasteiger partial charge in [0, 0.05) is 65.3 Å². The standard InChI is InChI=1S/C21H30N6O2S/c1-16-6-5-7-17(14-16)30(28,29)27-9-8-19-18(15-27)20(24(2)3)23-21(22-19)26-12-10-25(4)11-13-26/h5-7,14H,8-13,15H2,1-4H3. The lowest BCUT2D eigenvalue weighted by molar-refractivity contribution is 0.310. The zero-order valence-electron chi connectivity index (χ0n) is 18.2. The van der Waals surface area contributed by atoms with E-state index >= 15 is 0 Å². The zero-order valence-corrected chi connectivity index (χ0v) is 19.0. The molecule has 2 aliphatic heterocycles. The predicted molar refractivity (Wildman–Crippen MR) is 119 cm³/mol. The lowest BCUT2D eigenvalue weighted by atomic mass is 10.1. The number of fused-ring (bicyclic) bond motifs is 1. The van der Waals surface area contributed by atoms with Crippen molar-refractivity contribution in [1.29, 1.82) is 0 Å². The summed E-state index contributed by atoms with van der Waals surface area (Å²) >= 11 is 0. The van der Waals surface area contributed by atoms with Crippen LogP contribution in [0.25, 0.3) is 0 Å². The van der Waals surface area contributed by atoms with Gasteiger partial charge < -0.3 is 14.7 Å². The predicted octanol–water partition coefficient (Wildman–Crippen LogP) is 1.35. The molecule has 1 saturated heterocycles. The van der Waals surface area contributed by atoms with Gasteiger partial charge in [-0.2, -0.15) is 9.29 Å². The molecule has 1 fully saturated rings. The van der Waals surface area contributed by atoms with Crippen molar-refractivity contribution in [3.63, 3.8) is 0 Å². The van der Waals surface area contributed by atoms with Crippen LogP contribution in [0.2, 0.25) is 0 Å². The largest absolute Gasteiger partial charge is 0.362 e. The molecule has 0 saturated carbocycles. The molecule has 0 unspecified atom stereocenters. The van der Waals surface area contributed by atoms with Crippen molar-refractivity contribution in [1.82, 2.24) is 19.2 Å². The molecule has 2 aliphatic rings. The zero-order chi connectivity index (χ0) is 21.5. The van der Waals surface area contributed by atoms with Gasteiger partial charge >= 0.3 is 0 Å². The van der Waals surface area contributed by atoms with E-state index in [0.717, 1.165) is 54.8 Å². The second kappa shape index (κ2) is 8.13. The molecule has 1 aromatic heterocycles. The van der Waals surface area contributed by atoms with Crippen LogP contribution in [0, 0.1) is 6.92 Å². The summed E-state index contributed by atoms with van der Waals surface area (Å²) in [4.78, 5) is 16.5. The first-order valence-electron chi connectivity index (χ1n) is 10.3. The third-order valence-electron chi connectivity index (χ3n) is 5.83. The maximum Gasteiger partial charge on any atom is 0.243 e. The number of piperazine rings is 1. The van der Waals surface area contributed by atoms with Crippen LogP contribution >= 0.6 is 0 Å². The number of anilines is 2. The normalized spacial score (nSPS) is 18.3. The van der Waals surface area contributed by atoms with Crippen LogP contribution in [-0.4, -0.2) is 81.5 Å². The highest BCUT2D eigenvalue weighted by Crippen LogP contribution is 2.31. The summed E-state index contributed by atoms with van der Waals surface area (Å²) in [5.41, 5.74) is 2.79. The topological polar surface area (TPSA) is 72.9 Å². The molecule has 0 radical (unpaired) electrons. The molecule has 162 valence electrons. The number of benzene rings is 1. The molecule has 9 heteroatoms. The van der Waals surface area contributed by atoms with Crippen LogP contribution < -0.4 is 9.80 Å². The lowest BCUT2D eigenvalue weighted by Gasteiger charge is -2.35. The molecular weight excluding hydrogens is 400 g/mol. The Kier molecular flexibility index (Phi) is 5.69. The van der Waals surface area contributed by atoms with Gasteiger partial charge in [-0.05, 0) is 31.7 Å². The van der Waals surface area contributed by atoms with Gasteiger partial charge in [0.05, 0.1) is 10.6 Å². The molecule has 0 aliphatic carbocycles. The van der Waals surface area contributed by atoms with Crippen LogP contribution in [0.15, 0.2) is 29.2 Å². The Hall–Kier alpha value is -2.23. The van der Waals surface area contributed by atoms with Gasteiger partial charge in [-0.1, -0.05) is 12.1 Å². The van der Waals surface area contributed by atoms with E-state index in [4.69, 9.17) is 9.97 Å². The fourth-order valence-corrected chi connectivity index (χ4v) is 5.52. The number of rotatable bonds is 4. The molecule has 3 heterocycles. The van der Waals surface area contributed by atoms with Crippen LogP contribution in [0.5, 0.6) is 0 Å². The number of nitrogens with zero attached hydrogens (tertiary/aromatic N) is 6. The summed E-state index contributed by atoms with van der Waals surface area (Å²) in [5, 5.41) is 0. The van der Waals surface area contributed by atoms with Gasteiger partial charge in [0.1, 0.15) is 5.82 Å². The molecule has 0 atom stereocenters. The van der Waals surface area contributed by atoms with Gasteiger partial charge in [-0.3, -0.25) is 0 Å². The maximum atomic E-state index is 13.2. The third kappa shape index (κ3) is 4.01. The summed E-state index contributed by atoms with van der Waals surface area (Å²) in [6, 6.07) is 7.08. The molecule has 4 rings (SSSR count). The lowest BCUT2D eigenvalue weighted by Crippen LogP contribution is -2.45. The number of hydrogen-bond donors (Lipinski definition) is 0. The fourth-order valence-electron chi connectivity index (χ4n) is 4.01. The van der Waals surface area contributed by atoms with Crippen LogP contribution in [0.3, 0.4) is 0 Å². The smallest absolute Gasteiger partial charge is 0.243 e. The van der Waals surface area contributed by atoms with E-state index < -0.39 is 10.0 Å². The highest BCUT2D eigenvalue weighted by atomic mass is 32.2. The number of likely N-dealkylation sites (N-methyl/N-ethyl adjacent to an activating group) is 1. The molecule has 2 aromatic rings. The summed E-state index contributed by atoms with van der Waals surface area (Å²) in [5.74, 6) is 1.55. The third-order valence-corrected chi connectivity index (χ3v) is 7.67. The van der Waals surface area contributed by atoms with E-state index in [9.17, 15) is 8.42 Å². The highest BCUT2D eigenvalue weighted by Gasteiger charge is 2.32. The second-order valence-electron chi connectivity index (χ2n) is 8.36. The van der Waals surface area contributed by atoms with E-state index in [0.29, 0.717) is 24.4 Å². The molecule has 0 N–H and O–H groups in total. The van der Waals surface area contributed by atoms with Crippen molar-refractivity contribution in [3.8, 4) is 0 Å². The molecule has 0 bridgehead atoms.